The molecule has 5 aromatic rings. The third kappa shape index (κ3) is 4.73. The summed E-state index contributed by atoms with van der Waals surface area (Å²) >= 11 is 1.63. The van der Waals surface area contributed by atoms with Crippen molar-refractivity contribution in [3.05, 3.63) is 90.1 Å². The summed E-state index contributed by atoms with van der Waals surface area (Å²) in [6, 6.07) is 25.4. The molecule has 2 aromatic heterocycles. The van der Waals surface area contributed by atoms with Crippen LogP contribution >= 0.6 is 11.8 Å². The first kappa shape index (κ1) is 22.0. The van der Waals surface area contributed by atoms with Gasteiger partial charge in [-0.25, -0.2) is 0 Å². The summed E-state index contributed by atoms with van der Waals surface area (Å²) in [6.45, 7) is 0. The molecule has 0 amide bonds. The Bertz CT molecular complexity index is 1420. The Labute approximate surface area is 208 Å². The van der Waals surface area contributed by atoms with E-state index in [1.54, 1.807) is 11.8 Å². The van der Waals surface area contributed by atoms with Crippen molar-refractivity contribution in [1.82, 2.24) is 25.0 Å². The van der Waals surface area contributed by atoms with Crippen LogP contribution in [-0.4, -0.2) is 25.0 Å². The smallest absolute Gasteiger partial charge is 0.247 e. The molecule has 2 heterocycles. The van der Waals surface area contributed by atoms with Gasteiger partial charge in [0, 0.05) is 18.0 Å². The predicted octanol–water partition coefficient (Wildman–Crippen LogP) is 6.87. The SMILES string of the molecule is c1ccc(-c2nnc(CSc3nnc(Cc4cccc5ccccc45)n3C3CCCCC3)o2)cc1. The Morgan fingerprint density at radius 3 is 2.49 bits per heavy atom. The van der Waals surface area contributed by atoms with Gasteiger partial charge in [-0.2, -0.15) is 0 Å². The second-order valence-electron chi connectivity index (χ2n) is 9.03. The van der Waals surface area contributed by atoms with Crippen LogP contribution in [0.5, 0.6) is 0 Å². The van der Waals surface area contributed by atoms with Crippen molar-refractivity contribution in [1.29, 1.82) is 0 Å². The summed E-state index contributed by atoms with van der Waals surface area (Å²) in [6.07, 6.45) is 6.93. The second kappa shape index (κ2) is 10.0. The van der Waals surface area contributed by atoms with E-state index < -0.39 is 0 Å². The zero-order valence-electron chi connectivity index (χ0n) is 19.5. The van der Waals surface area contributed by atoms with Crippen molar-refractivity contribution in [2.45, 2.75) is 55.5 Å². The number of aromatic nitrogens is 5. The molecule has 0 unspecified atom stereocenters. The molecule has 35 heavy (non-hydrogen) atoms. The second-order valence-corrected chi connectivity index (χ2v) is 9.97. The maximum absolute atomic E-state index is 5.93. The monoisotopic (exact) mass is 481 g/mol. The van der Waals surface area contributed by atoms with Crippen LogP contribution in [0.3, 0.4) is 0 Å². The number of hydrogen-bond acceptors (Lipinski definition) is 6. The summed E-state index contributed by atoms with van der Waals surface area (Å²) in [4.78, 5) is 0. The van der Waals surface area contributed by atoms with Gasteiger partial charge in [0.05, 0.1) is 5.75 Å². The number of hydrogen-bond donors (Lipinski definition) is 0. The fourth-order valence-corrected chi connectivity index (χ4v) is 5.85. The van der Waals surface area contributed by atoms with E-state index in [9.17, 15) is 0 Å². The van der Waals surface area contributed by atoms with Gasteiger partial charge in [0.15, 0.2) is 5.16 Å². The fraction of sp³-hybridized carbons (Fsp3) is 0.286. The molecule has 1 aliphatic carbocycles. The van der Waals surface area contributed by atoms with Gasteiger partial charge in [-0.3, -0.25) is 0 Å². The lowest BCUT2D eigenvalue weighted by atomic mass is 9.95. The highest BCUT2D eigenvalue weighted by molar-refractivity contribution is 7.98. The topological polar surface area (TPSA) is 69.6 Å². The summed E-state index contributed by atoms with van der Waals surface area (Å²) in [5.74, 6) is 2.75. The molecule has 1 saturated carbocycles. The Kier molecular flexibility index (Phi) is 6.32. The van der Waals surface area contributed by atoms with Crippen molar-refractivity contribution in [2.24, 2.45) is 0 Å². The van der Waals surface area contributed by atoms with Crippen LogP contribution in [-0.2, 0) is 12.2 Å². The summed E-state index contributed by atoms with van der Waals surface area (Å²) in [5, 5.41) is 21.3. The first-order chi connectivity index (χ1) is 17.3. The van der Waals surface area contributed by atoms with E-state index in [2.05, 4.69) is 67.4 Å². The summed E-state index contributed by atoms with van der Waals surface area (Å²) in [5.41, 5.74) is 2.22. The number of thioether (sulfide) groups is 1. The Hall–Kier alpha value is -3.45. The van der Waals surface area contributed by atoms with E-state index in [-0.39, 0.29) is 0 Å². The van der Waals surface area contributed by atoms with Crippen LogP contribution in [0.1, 0.15) is 55.4 Å². The molecule has 0 aliphatic heterocycles. The number of nitrogens with zero attached hydrogens (tertiary/aromatic N) is 5. The van der Waals surface area contributed by atoms with E-state index in [0.29, 0.717) is 23.6 Å². The fourth-order valence-electron chi connectivity index (χ4n) is 4.98. The maximum Gasteiger partial charge on any atom is 0.247 e. The summed E-state index contributed by atoms with van der Waals surface area (Å²) < 4.78 is 8.32. The van der Waals surface area contributed by atoms with Crippen LogP contribution in [0.2, 0.25) is 0 Å². The molecule has 0 atom stereocenters. The van der Waals surface area contributed by atoms with Crippen LogP contribution in [0.4, 0.5) is 0 Å². The molecule has 3 aromatic carbocycles. The number of rotatable bonds is 7. The minimum atomic E-state index is 0.439. The normalized spacial score (nSPS) is 14.5. The lowest BCUT2D eigenvalue weighted by molar-refractivity contribution is 0.330. The molecule has 0 radical (unpaired) electrons. The number of fused-ring (bicyclic) bond motifs is 1. The maximum atomic E-state index is 5.93. The van der Waals surface area contributed by atoms with Gasteiger partial charge >= 0.3 is 0 Å². The zero-order valence-corrected chi connectivity index (χ0v) is 20.3. The van der Waals surface area contributed by atoms with Gasteiger partial charge in [0.25, 0.3) is 0 Å². The minimum absolute atomic E-state index is 0.439. The first-order valence-electron chi connectivity index (χ1n) is 12.3. The predicted molar refractivity (Wildman–Crippen MR) is 138 cm³/mol. The highest BCUT2D eigenvalue weighted by atomic mass is 32.2. The molecule has 0 saturated heterocycles. The van der Waals surface area contributed by atoms with Crippen molar-refractivity contribution in [2.75, 3.05) is 0 Å². The van der Waals surface area contributed by atoms with Crippen LogP contribution < -0.4 is 0 Å². The molecule has 0 bridgehead atoms. The third-order valence-electron chi connectivity index (χ3n) is 6.72. The molecule has 1 fully saturated rings. The van der Waals surface area contributed by atoms with Crippen molar-refractivity contribution in [3.8, 4) is 11.5 Å². The minimum Gasteiger partial charge on any atom is -0.420 e. The Morgan fingerprint density at radius 2 is 1.60 bits per heavy atom. The molecule has 0 spiro atoms. The molecule has 6 nitrogen and oxygen atoms in total. The quantitative estimate of drug-likeness (QED) is 0.236. The standard InChI is InChI=1S/C28H27N5OS/c1-3-11-21(12-4-1)27-31-30-26(34-27)19-35-28-32-29-25(33(28)23-15-5-2-6-16-23)18-22-14-9-13-20-10-7-8-17-24(20)22/h1,3-4,7-14,17,23H,2,5-6,15-16,18-19H2. The average molecular weight is 482 g/mol. The third-order valence-corrected chi connectivity index (χ3v) is 7.64. The Morgan fingerprint density at radius 1 is 0.800 bits per heavy atom. The van der Waals surface area contributed by atoms with Crippen molar-refractivity contribution < 1.29 is 4.42 Å². The largest absolute Gasteiger partial charge is 0.420 e. The first-order valence-corrected chi connectivity index (χ1v) is 13.2. The molecule has 7 heteroatoms. The lowest BCUT2D eigenvalue weighted by Gasteiger charge is -2.25. The van der Waals surface area contributed by atoms with Gasteiger partial charge in [-0.1, -0.05) is 91.7 Å². The van der Waals surface area contributed by atoms with E-state index in [0.717, 1.165) is 23.0 Å². The van der Waals surface area contributed by atoms with E-state index >= 15 is 0 Å². The zero-order chi connectivity index (χ0) is 23.5. The Balaban J connectivity index is 1.27. The van der Waals surface area contributed by atoms with E-state index in [4.69, 9.17) is 4.42 Å². The lowest BCUT2D eigenvalue weighted by Crippen LogP contribution is -2.17. The summed E-state index contributed by atoms with van der Waals surface area (Å²) in [7, 11) is 0. The molecule has 176 valence electrons. The van der Waals surface area contributed by atoms with Gasteiger partial charge in [0.1, 0.15) is 5.82 Å². The molecular weight excluding hydrogens is 454 g/mol. The van der Waals surface area contributed by atoms with E-state index in [1.807, 2.05) is 30.3 Å². The van der Waals surface area contributed by atoms with Gasteiger partial charge in [-0.05, 0) is 41.3 Å². The van der Waals surface area contributed by atoms with E-state index in [1.165, 1.54) is 48.4 Å². The van der Waals surface area contributed by atoms with Gasteiger partial charge in [0.2, 0.25) is 11.8 Å². The van der Waals surface area contributed by atoms with Crippen LogP contribution in [0, 0.1) is 0 Å². The molecule has 0 N–H and O–H groups in total. The van der Waals surface area contributed by atoms with Crippen LogP contribution in [0.15, 0.2) is 82.4 Å². The van der Waals surface area contributed by atoms with Gasteiger partial charge < -0.3 is 8.98 Å². The molecule has 6 rings (SSSR count). The van der Waals surface area contributed by atoms with Gasteiger partial charge in [-0.15, -0.1) is 20.4 Å². The molecular formula is C28H27N5OS. The van der Waals surface area contributed by atoms with Crippen molar-refractivity contribution >= 4 is 22.5 Å². The van der Waals surface area contributed by atoms with Crippen molar-refractivity contribution in [3.63, 3.8) is 0 Å². The van der Waals surface area contributed by atoms with Crippen LogP contribution in [0.25, 0.3) is 22.2 Å². The highest BCUT2D eigenvalue weighted by Crippen LogP contribution is 2.34. The average Bonchev–Trinajstić information content (AvgIpc) is 3.56. The highest BCUT2D eigenvalue weighted by Gasteiger charge is 2.24. The number of benzene rings is 3. The molecule has 1 aliphatic rings.